The first-order valence-corrected chi connectivity index (χ1v) is 8.11. The van der Waals surface area contributed by atoms with Crippen LogP contribution in [-0.2, 0) is 11.3 Å². The average molecular weight is 301 g/mol. The molecule has 1 fully saturated rings. The van der Waals surface area contributed by atoms with Crippen LogP contribution in [0.5, 0.6) is 0 Å². The van der Waals surface area contributed by atoms with Crippen LogP contribution < -0.4 is 0 Å². The first-order valence-electron chi connectivity index (χ1n) is 8.11. The largest absolute Gasteiger partial charge is 0.385 e. The molecule has 1 atom stereocenters. The van der Waals surface area contributed by atoms with E-state index < -0.39 is 6.10 Å². The molecule has 5 nitrogen and oxygen atoms in total. The lowest BCUT2D eigenvalue weighted by molar-refractivity contribution is -0.132. The zero-order valence-corrected chi connectivity index (χ0v) is 13.0. The summed E-state index contributed by atoms with van der Waals surface area (Å²) < 4.78 is 1.88. The second-order valence-corrected chi connectivity index (χ2v) is 5.91. The summed E-state index contributed by atoms with van der Waals surface area (Å²) >= 11 is 0. The molecule has 22 heavy (non-hydrogen) atoms. The van der Waals surface area contributed by atoms with Crippen LogP contribution in [0.2, 0.25) is 0 Å². The van der Waals surface area contributed by atoms with Crippen molar-refractivity contribution in [1.82, 2.24) is 14.5 Å². The van der Waals surface area contributed by atoms with Crippen molar-refractivity contribution < 1.29 is 9.90 Å². The number of piperidine rings is 1. The summed E-state index contributed by atoms with van der Waals surface area (Å²) in [5.41, 5.74) is 1.74. The van der Waals surface area contributed by atoms with Gasteiger partial charge < -0.3 is 14.6 Å². The van der Waals surface area contributed by atoms with E-state index in [0.717, 1.165) is 37.0 Å². The minimum atomic E-state index is -0.637. The maximum Gasteiger partial charge on any atom is 0.242 e. The SMILES string of the molecule is CC[C@@H](O)c1nc2ccccc2n1CC(=O)N1CCCCC1. The fourth-order valence-electron chi connectivity index (χ4n) is 3.08. The van der Waals surface area contributed by atoms with E-state index in [0.29, 0.717) is 12.2 Å². The van der Waals surface area contributed by atoms with E-state index >= 15 is 0 Å². The maximum absolute atomic E-state index is 12.6. The lowest BCUT2D eigenvalue weighted by atomic mass is 10.1. The van der Waals surface area contributed by atoms with E-state index in [1.165, 1.54) is 6.42 Å². The predicted molar refractivity (Wildman–Crippen MR) is 85.4 cm³/mol. The molecule has 1 aliphatic rings. The van der Waals surface area contributed by atoms with Gasteiger partial charge in [0.25, 0.3) is 0 Å². The van der Waals surface area contributed by atoms with Crippen LogP contribution in [0.15, 0.2) is 24.3 Å². The van der Waals surface area contributed by atoms with Gasteiger partial charge in [0.2, 0.25) is 5.91 Å². The Bertz CT molecular complexity index is 659. The van der Waals surface area contributed by atoms with Crippen LogP contribution in [0.3, 0.4) is 0 Å². The Morgan fingerprint density at radius 2 is 2.00 bits per heavy atom. The molecular weight excluding hydrogens is 278 g/mol. The van der Waals surface area contributed by atoms with Gasteiger partial charge in [0, 0.05) is 13.1 Å². The number of imidazole rings is 1. The summed E-state index contributed by atoms with van der Waals surface area (Å²) in [4.78, 5) is 19.0. The molecule has 5 heteroatoms. The quantitative estimate of drug-likeness (QED) is 0.944. The van der Waals surface area contributed by atoms with Crippen molar-refractivity contribution in [2.45, 2.75) is 45.3 Å². The third-order valence-electron chi connectivity index (χ3n) is 4.37. The first kappa shape index (κ1) is 15.0. The molecule has 3 rings (SSSR count). The Morgan fingerprint density at radius 1 is 1.27 bits per heavy atom. The molecule has 1 aromatic carbocycles. The monoisotopic (exact) mass is 301 g/mol. The minimum absolute atomic E-state index is 0.118. The molecule has 1 aliphatic heterocycles. The number of benzene rings is 1. The summed E-state index contributed by atoms with van der Waals surface area (Å²) in [6.07, 6.45) is 3.32. The number of para-hydroxylation sites is 2. The number of nitrogens with zero attached hydrogens (tertiary/aromatic N) is 3. The summed E-state index contributed by atoms with van der Waals surface area (Å²) in [5.74, 6) is 0.710. The van der Waals surface area contributed by atoms with Crippen molar-refractivity contribution in [3.8, 4) is 0 Å². The summed E-state index contributed by atoms with van der Waals surface area (Å²) in [6.45, 7) is 3.86. The standard InChI is InChI=1S/C17H23N3O2/c1-2-15(21)17-18-13-8-4-5-9-14(13)20(17)12-16(22)19-10-6-3-7-11-19/h4-5,8-9,15,21H,2-3,6-7,10-12H2,1H3/t15-/m1/s1. The van der Waals surface area contributed by atoms with Gasteiger partial charge in [0.1, 0.15) is 18.5 Å². The number of carbonyl (C=O) groups excluding carboxylic acids is 1. The lowest BCUT2D eigenvalue weighted by Crippen LogP contribution is -2.38. The van der Waals surface area contributed by atoms with Crippen LogP contribution in [0.25, 0.3) is 11.0 Å². The molecule has 0 unspecified atom stereocenters. The fraction of sp³-hybridized carbons (Fsp3) is 0.529. The van der Waals surface area contributed by atoms with Gasteiger partial charge in [-0.15, -0.1) is 0 Å². The molecule has 1 saturated heterocycles. The minimum Gasteiger partial charge on any atom is -0.385 e. The number of rotatable bonds is 4. The number of carbonyl (C=O) groups is 1. The summed E-state index contributed by atoms with van der Waals surface area (Å²) in [7, 11) is 0. The van der Waals surface area contributed by atoms with Crippen molar-refractivity contribution in [2.75, 3.05) is 13.1 Å². The van der Waals surface area contributed by atoms with Crippen LogP contribution in [-0.4, -0.2) is 38.6 Å². The van der Waals surface area contributed by atoms with Gasteiger partial charge in [0.15, 0.2) is 0 Å². The second kappa shape index (κ2) is 6.48. The van der Waals surface area contributed by atoms with E-state index in [9.17, 15) is 9.90 Å². The van der Waals surface area contributed by atoms with Crippen molar-refractivity contribution in [3.05, 3.63) is 30.1 Å². The number of likely N-dealkylation sites (tertiary alicyclic amines) is 1. The Morgan fingerprint density at radius 3 is 2.73 bits per heavy atom. The molecule has 1 N–H and O–H groups in total. The molecule has 0 saturated carbocycles. The predicted octanol–water partition coefficient (Wildman–Crippen LogP) is 2.49. The number of aliphatic hydroxyl groups is 1. The lowest BCUT2D eigenvalue weighted by Gasteiger charge is -2.27. The molecular formula is C17H23N3O2. The van der Waals surface area contributed by atoms with Crippen molar-refractivity contribution in [3.63, 3.8) is 0 Å². The van der Waals surface area contributed by atoms with Gasteiger partial charge >= 0.3 is 0 Å². The van der Waals surface area contributed by atoms with Crippen molar-refractivity contribution >= 4 is 16.9 Å². The zero-order chi connectivity index (χ0) is 15.5. The molecule has 118 valence electrons. The second-order valence-electron chi connectivity index (χ2n) is 5.91. The smallest absolute Gasteiger partial charge is 0.242 e. The highest BCUT2D eigenvalue weighted by Gasteiger charge is 2.22. The maximum atomic E-state index is 12.6. The number of fused-ring (bicyclic) bond motifs is 1. The number of hydrogen-bond donors (Lipinski definition) is 1. The molecule has 1 aromatic heterocycles. The van der Waals surface area contributed by atoms with Gasteiger partial charge in [0.05, 0.1) is 11.0 Å². The number of aromatic nitrogens is 2. The van der Waals surface area contributed by atoms with E-state index in [2.05, 4.69) is 4.98 Å². The van der Waals surface area contributed by atoms with E-state index in [1.807, 2.05) is 40.7 Å². The van der Waals surface area contributed by atoms with Gasteiger partial charge in [-0.2, -0.15) is 0 Å². The Balaban J connectivity index is 1.92. The van der Waals surface area contributed by atoms with Crippen molar-refractivity contribution in [1.29, 1.82) is 0 Å². The average Bonchev–Trinajstić information content (AvgIpc) is 2.93. The highest BCUT2D eigenvalue weighted by Crippen LogP contribution is 2.23. The molecule has 2 heterocycles. The normalized spacial score (nSPS) is 16.9. The van der Waals surface area contributed by atoms with E-state index in [4.69, 9.17) is 0 Å². The molecule has 0 aliphatic carbocycles. The summed E-state index contributed by atoms with van der Waals surface area (Å²) in [5, 5.41) is 10.2. The van der Waals surface area contributed by atoms with E-state index in [1.54, 1.807) is 0 Å². The van der Waals surface area contributed by atoms with Crippen LogP contribution in [0, 0.1) is 0 Å². The molecule has 2 aromatic rings. The van der Waals surface area contributed by atoms with Gasteiger partial charge in [-0.1, -0.05) is 19.1 Å². The molecule has 0 radical (unpaired) electrons. The van der Waals surface area contributed by atoms with Gasteiger partial charge in [-0.05, 0) is 37.8 Å². The summed E-state index contributed by atoms with van der Waals surface area (Å²) in [6, 6.07) is 7.74. The Kier molecular flexibility index (Phi) is 4.43. The zero-order valence-electron chi connectivity index (χ0n) is 13.0. The van der Waals surface area contributed by atoms with Crippen LogP contribution in [0.1, 0.15) is 44.5 Å². The van der Waals surface area contributed by atoms with Gasteiger partial charge in [-0.3, -0.25) is 4.79 Å². The third kappa shape index (κ3) is 2.86. The van der Waals surface area contributed by atoms with Gasteiger partial charge in [-0.25, -0.2) is 4.98 Å². The third-order valence-corrected chi connectivity index (χ3v) is 4.37. The topological polar surface area (TPSA) is 58.4 Å². The Hall–Kier alpha value is -1.88. The number of amides is 1. The molecule has 0 bridgehead atoms. The highest BCUT2D eigenvalue weighted by molar-refractivity contribution is 5.81. The molecule has 0 spiro atoms. The van der Waals surface area contributed by atoms with Crippen LogP contribution in [0.4, 0.5) is 0 Å². The highest BCUT2D eigenvalue weighted by atomic mass is 16.3. The Labute approximate surface area is 130 Å². The van der Waals surface area contributed by atoms with Crippen molar-refractivity contribution in [2.24, 2.45) is 0 Å². The number of hydrogen-bond acceptors (Lipinski definition) is 3. The van der Waals surface area contributed by atoms with Crippen LogP contribution >= 0.6 is 0 Å². The number of aliphatic hydroxyl groups excluding tert-OH is 1. The fourth-order valence-corrected chi connectivity index (χ4v) is 3.08. The first-order chi connectivity index (χ1) is 10.7. The molecule has 1 amide bonds. The van der Waals surface area contributed by atoms with E-state index in [-0.39, 0.29) is 12.5 Å².